The van der Waals surface area contributed by atoms with Crippen molar-refractivity contribution < 1.29 is 13.2 Å². The van der Waals surface area contributed by atoms with Crippen molar-refractivity contribution >= 4 is 50.2 Å². The summed E-state index contributed by atoms with van der Waals surface area (Å²) >= 11 is 12.2. The van der Waals surface area contributed by atoms with E-state index in [0.29, 0.717) is 21.1 Å². The number of nitrogens with zero attached hydrogens (tertiary/aromatic N) is 2. The number of hydrogen-bond donors (Lipinski definition) is 3. The van der Waals surface area contributed by atoms with Gasteiger partial charge in [0.15, 0.2) is 0 Å². The lowest BCUT2D eigenvalue weighted by molar-refractivity contribution is 0.0943. The quantitative estimate of drug-likeness (QED) is 0.592. The molecule has 1 heterocycles. The van der Waals surface area contributed by atoms with Crippen molar-refractivity contribution in [2.45, 2.75) is 0 Å². The van der Waals surface area contributed by atoms with E-state index in [9.17, 15) is 13.2 Å². The Balaban J connectivity index is 2.13. The molecule has 2 aromatic rings. The molecule has 138 valence electrons. The van der Waals surface area contributed by atoms with Crippen molar-refractivity contribution in [2.75, 3.05) is 26.8 Å². The van der Waals surface area contributed by atoms with Crippen LogP contribution < -0.4 is 15.8 Å². The number of carbonyl (C=O) groups is 1. The third-order valence-corrected chi connectivity index (χ3v) is 5.54. The Morgan fingerprint density at radius 3 is 2.64 bits per heavy atom. The van der Waals surface area contributed by atoms with Gasteiger partial charge in [-0.1, -0.05) is 23.2 Å². The van der Waals surface area contributed by atoms with Crippen molar-refractivity contribution in [3.63, 3.8) is 0 Å². The molecule has 0 radical (unpaired) electrons. The second-order valence-electron chi connectivity index (χ2n) is 5.37. The molecule has 2 rings (SSSR count). The molecule has 4 N–H and O–H groups in total. The number of fused-ring (bicyclic) bond motifs is 1. The summed E-state index contributed by atoms with van der Waals surface area (Å²) in [5.41, 5.74) is 1.15. The maximum atomic E-state index is 12.4. The van der Waals surface area contributed by atoms with Gasteiger partial charge in [0.25, 0.3) is 16.1 Å². The molecule has 11 heteroatoms. The minimum absolute atomic E-state index is 0.0436. The zero-order valence-corrected chi connectivity index (χ0v) is 16.0. The number of halogens is 2. The molecule has 0 bridgehead atoms. The average molecular weight is 408 g/mol. The van der Waals surface area contributed by atoms with Crippen LogP contribution in [0, 0.1) is 0 Å². The van der Waals surface area contributed by atoms with E-state index in [1.165, 1.54) is 0 Å². The molecule has 0 fully saturated rings. The predicted molar refractivity (Wildman–Crippen MR) is 99.0 cm³/mol. The van der Waals surface area contributed by atoms with Crippen molar-refractivity contribution in [1.82, 2.24) is 19.5 Å². The van der Waals surface area contributed by atoms with Gasteiger partial charge in [0, 0.05) is 31.0 Å². The zero-order valence-electron chi connectivity index (χ0n) is 13.7. The number of benzene rings is 1. The van der Waals surface area contributed by atoms with Gasteiger partial charge >= 0.3 is 0 Å². The topological polar surface area (TPSA) is 109 Å². The molecule has 0 spiro atoms. The first kappa shape index (κ1) is 20.0. The van der Waals surface area contributed by atoms with Gasteiger partial charge in [-0.2, -0.15) is 12.7 Å². The molecule has 25 heavy (non-hydrogen) atoms. The van der Waals surface area contributed by atoms with E-state index in [1.807, 2.05) is 0 Å². The first-order valence-electron chi connectivity index (χ1n) is 7.31. The summed E-state index contributed by atoms with van der Waals surface area (Å²) in [6.07, 6.45) is 0. The first-order chi connectivity index (χ1) is 11.7. The van der Waals surface area contributed by atoms with Crippen molar-refractivity contribution in [1.29, 1.82) is 0 Å². The van der Waals surface area contributed by atoms with Crippen LogP contribution in [0.3, 0.4) is 0 Å². The lowest BCUT2D eigenvalue weighted by atomic mass is 10.2. The maximum absolute atomic E-state index is 12.4. The lowest BCUT2D eigenvalue weighted by Crippen LogP contribution is -2.45. The van der Waals surface area contributed by atoms with Crippen molar-refractivity contribution in [3.8, 4) is 0 Å². The molecule has 1 aromatic heterocycles. The summed E-state index contributed by atoms with van der Waals surface area (Å²) in [6, 6.07) is 5.08. The van der Waals surface area contributed by atoms with Crippen LogP contribution >= 0.6 is 23.2 Å². The summed E-state index contributed by atoms with van der Waals surface area (Å²) in [5.74, 6) is -0.357. The highest BCUT2D eigenvalue weighted by atomic mass is 35.5. The van der Waals surface area contributed by atoms with Crippen molar-refractivity contribution in [2.24, 2.45) is 12.2 Å². The fraction of sp³-hybridized carbons (Fsp3) is 0.357. The van der Waals surface area contributed by atoms with Crippen LogP contribution in [0.1, 0.15) is 10.5 Å². The van der Waals surface area contributed by atoms with Gasteiger partial charge in [0.1, 0.15) is 5.69 Å². The Labute approximate surface area is 156 Å². The van der Waals surface area contributed by atoms with Gasteiger partial charge in [-0.15, -0.1) is 0 Å². The largest absolute Gasteiger partial charge is 0.349 e. The van der Waals surface area contributed by atoms with E-state index in [4.69, 9.17) is 28.3 Å². The molecule has 1 amide bonds. The third-order valence-electron chi connectivity index (χ3n) is 3.69. The fourth-order valence-corrected chi connectivity index (χ4v) is 3.46. The molecule has 1 aromatic carbocycles. The van der Waals surface area contributed by atoms with Gasteiger partial charge in [0.05, 0.1) is 16.7 Å². The SMILES string of the molecule is CNCN(CCNC(=O)c1cc2c(Cl)c(Cl)ccc2n1C)S(N)(=O)=O. The predicted octanol–water partition coefficient (Wildman–Crippen LogP) is 0.897. The summed E-state index contributed by atoms with van der Waals surface area (Å²) < 4.78 is 25.6. The van der Waals surface area contributed by atoms with Gasteiger partial charge in [-0.25, -0.2) is 5.14 Å². The molecule has 0 saturated carbocycles. The number of aromatic nitrogens is 1. The molecule has 0 aliphatic rings. The van der Waals surface area contributed by atoms with E-state index in [0.717, 1.165) is 9.82 Å². The van der Waals surface area contributed by atoms with Gasteiger partial charge < -0.3 is 15.2 Å². The van der Waals surface area contributed by atoms with Crippen LogP contribution in [0.5, 0.6) is 0 Å². The van der Waals surface area contributed by atoms with Gasteiger partial charge in [-0.05, 0) is 25.2 Å². The first-order valence-corrected chi connectivity index (χ1v) is 9.56. The molecule has 0 saturated heterocycles. The van der Waals surface area contributed by atoms with E-state index in [1.54, 1.807) is 36.9 Å². The minimum atomic E-state index is -3.85. The zero-order chi connectivity index (χ0) is 18.8. The third kappa shape index (κ3) is 4.43. The number of nitrogens with two attached hydrogens (primary N) is 1. The van der Waals surface area contributed by atoms with Crippen LogP contribution in [-0.2, 0) is 17.3 Å². The normalized spacial score (nSPS) is 12.1. The molecule has 8 nitrogen and oxygen atoms in total. The lowest BCUT2D eigenvalue weighted by Gasteiger charge is -2.18. The van der Waals surface area contributed by atoms with E-state index in [-0.39, 0.29) is 25.7 Å². The molecule has 0 aliphatic carbocycles. The van der Waals surface area contributed by atoms with E-state index in [2.05, 4.69) is 10.6 Å². The van der Waals surface area contributed by atoms with Gasteiger partial charge in [-0.3, -0.25) is 4.79 Å². The summed E-state index contributed by atoms with van der Waals surface area (Å²) in [7, 11) is -0.513. The van der Waals surface area contributed by atoms with Crippen LogP contribution in [0.4, 0.5) is 0 Å². The minimum Gasteiger partial charge on any atom is -0.349 e. The summed E-state index contributed by atoms with van der Waals surface area (Å²) in [4.78, 5) is 12.4. The second kappa shape index (κ2) is 7.90. The molecule has 0 atom stereocenters. The monoisotopic (exact) mass is 407 g/mol. The standard InChI is InChI=1S/C14H19Cl2N5O3S/c1-18-8-21(25(17,23)24)6-5-19-14(22)12-7-9-11(20(12)2)4-3-10(15)13(9)16/h3-4,7,18H,5-6,8H2,1-2H3,(H,19,22)(H2,17,23,24). The second-order valence-corrected chi connectivity index (χ2v) is 7.70. The van der Waals surface area contributed by atoms with Crippen LogP contribution in [0.15, 0.2) is 18.2 Å². The fourth-order valence-electron chi connectivity index (χ4n) is 2.42. The Bertz CT molecular complexity index is 897. The Hall–Kier alpha value is -1.36. The molecule has 0 unspecified atom stereocenters. The van der Waals surface area contributed by atoms with Crippen molar-refractivity contribution in [3.05, 3.63) is 33.9 Å². The highest BCUT2D eigenvalue weighted by Crippen LogP contribution is 2.32. The van der Waals surface area contributed by atoms with E-state index >= 15 is 0 Å². The number of amides is 1. The number of rotatable bonds is 7. The Morgan fingerprint density at radius 1 is 1.36 bits per heavy atom. The summed E-state index contributed by atoms with van der Waals surface area (Å²) in [5, 5.41) is 11.9. The Kier molecular flexibility index (Phi) is 6.30. The number of hydrogen-bond acceptors (Lipinski definition) is 4. The molecular formula is C14H19Cl2N5O3S. The van der Waals surface area contributed by atoms with E-state index < -0.39 is 10.2 Å². The number of aryl methyl sites for hydroxylation is 1. The van der Waals surface area contributed by atoms with Crippen LogP contribution in [0.25, 0.3) is 10.9 Å². The smallest absolute Gasteiger partial charge is 0.278 e. The maximum Gasteiger partial charge on any atom is 0.278 e. The van der Waals surface area contributed by atoms with Gasteiger partial charge in [0.2, 0.25) is 0 Å². The highest BCUT2D eigenvalue weighted by molar-refractivity contribution is 7.86. The number of nitrogens with one attached hydrogen (secondary N) is 2. The highest BCUT2D eigenvalue weighted by Gasteiger charge is 2.18. The van der Waals surface area contributed by atoms with Crippen LogP contribution in [-0.4, -0.2) is 50.0 Å². The molecular weight excluding hydrogens is 389 g/mol. The Morgan fingerprint density at radius 2 is 2.04 bits per heavy atom. The summed E-state index contributed by atoms with van der Waals surface area (Å²) in [6.45, 7) is 0.200. The van der Waals surface area contributed by atoms with Crippen LogP contribution in [0.2, 0.25) is 10.0 Å². The molecule has 0 aliphatic heterocycles. The number of carbonyl (C=O) groups excluding carboxylic acids is 1. The average Bonchev–Trinajstić information content (AvgIpc) is 2.87.